The zero-order chi connectivity index (χ0) is 13.9. The lowest BCUT2D eigenvalue weighted by atomic mass is 10.2. The molecule has 1 fully saturated rings. The molecule has 1 heterocycles. The number of carboxylic acids is 1. The van der Waals surface area contributed by atoms with Crippen LogP contribution in [0.4, 0.5) is 0 Å². The van der Waals surface area contributed by atoms with Crippen molar-refractivity contribution in [2.75, 3.05) is 18.9 Å². The van der Waals surface area contributed by atoms with Crippen LogP contribution >= 0.6 is 0 Å². The molecule has 0 radical (unpaired) electrons. The maximum absolute atomic E-state index is 11.9. The molecule has 0 aliphatic carbocycles. The molecule has 1 unspecified atom stereocenters. The molecule has 8 heteroatoms. The molecule has 18 heavy (non-hydrogen) atoms. The van der Waals surface area contributed by atoms with E-state index in [1.54, 1.807) is 13.8 Å². The largest absolute Gasteiger partial charge is 0.480 e. The highest BCUT2D eigenvalue weighted by Gasteiger charge is 2.42. The smallest absolute Gasteiger partial charge is 0.322 e. The predicted molar refractivity (Wildman–Crippen MR) is 63.6 cm³/mol. The Bertz CT molecular complexity index is 393. The average Bonchev–Trinajstić information content (AvgIpc) is 2.60. The summed E-state index contributed by atoms with van der Waals surface area (Å²) in [5.41, 5.74) is 0. The van der Waals surface area contributed by atoms with Gasteiger partial charge in [0, 0.05) is 13.0 Å². The van der Waals surface area contributed by atoms with Gasteiger partial charge >= 0.3 is 5.97 Å². The maximum Gasteiger partial charge on any atom is 0.322 e. The topological polar surface area (TPSA) is 104 Å². The summed E-state index contributed by atoms with van der Waals surface area (Å²) in [6.07, 6.45) is -1.08. The molecule has 2 atom stereocenters. The lowest BCUT2D eigenvalue weighted by Gasteiger charge is -2.20. The molecule has 0 aromatic carbocycles. The molecule has 0 amide bonds. The number of β-amino-alcohol motifs (C(OH)–C–C–N with tert-alkyl or cyclic N) is 1. The Labute approximate surface area is 106 Å². The Morgan fingerprint density at radius 3 is 2.61 bits per heavy atom. The highest BCUT2D eigenvalue weighted by molar-refractivity contribution is 7.89. The molecule has 2 N–H and O–H groups in total. The van der Waals surface area contributed by atoms with Gasteiger partial charge in [-0.2, -0.15) is 4.31 Å². The first-order valence-electron chi connectivity index (χ1n) is 5.76. The van der Waals surface area contributed by atoms with Crippen LogP contribution in [0.1, 0.15) is 20.3 Å². The number of aliphatic hydroxyl groups is 1. The third kappa shape index (κ3) is 3.91. The van der Waals surface area contributed by atoms with Crippen molar-refractivity contribution in [3.05, 3.63) is 0 Å². The minimum Gasteiger partial charge on any atom is -0.480 e. The normalized spacial score (nSPS) is 25.8. The first-order valence-corrected chi connectivity index (χ1v) is 7.37. The fourth-order valence-corrected chi connectivity index (χ4v) is 3.33. The number of ether oxygens (including phenoxy) is 1. The van der Waals surface area contributed by atoms with Gasteiger partial charge < -0.3 is 14.9 Å². The van der Waals surface area contributed by atoms with Gasteiger partial charge in [-0.1, -0.05) is 0 Å². The lowest BCUT2D eigenvalue weighted by Crippen LogP contribution is -2.42. The standard InChI is InChI=1S/C10H19NO6S/c1-7(2)17-3-4-18(15,16)11-6-8(12)5-9(11)10(13)14/h7-9,12H,3-6H2,1-2H3,(H,13,14)/t8?,9-/m0/s1. The van der Waals surface area contributed by atoms with Crippen LogP contribution in [0, 0.1) is 0 Å². The molecule has 1 aliphatic heterocycles. The maximum atomic E-state index is 11.9. The summed E-state index contributed by atoms with van der Waals surface area (Å²) < 4.78 is 29.9. The summed E-state index contributed by atoms with van der Waals surface area (Å²) in [4.78, 5) is 10.9. The van der Waals surface area contributed by atoms with Gasteiger partial charge in [0.25, 0.3) is 0 Å². The Kier molecular flexibility index (Phi) is 5.09. The highest BCUT2D eigenvalue weighted by atomic mass is 32.2. The zero-order valence-corrected chi connectivity index (χ0v) is 11.3. The van der Waals surface area contributed by atoms with Gasteiger partial charge in [0.1, 0.15) is 6.04 Å². The van der Waals surface area contributed by atoms with Gasteiger partial charge in [0.15, 0.2) is 0 Å². The van der Waals surface area contributed by atoms with Crippen LogP contribution in [0.3, 0.4) is 0 Å². The summed E-state index contributed by atoms with van der Waals surface area (Å²) in [7, 11) is -3.72. The first kappa shape index (κ1) is 15.4. The second kappa shape index (κ2) is 5.96. The minimum atomic E-state index is -3.72. The van der Waals surface area contributed by atoms with Crippen molar-refractivity contribution in [2.45, 2.75) is 38.5 Å². The average molecular weight is 281 g/mol. The Morgan fingerprint density at radius 1 is 1.50 bits per heavy atom. The van der Waals surface area contributed by atoms with E-state index >= 15 is 0 Å². The number of sulfonamides is 1. The Balaban J connectivity index is 2.68. The van der Waals surface area contributed by atoms with Crippen LogP contribution in [0.5, 0.6) is 0 Å². The van der Waals surface area contributed by atoms with Gasteiger partial charge in [-0.05, 0) is 13.8 Å². The summed E-state index contributed by atoms with van der Waals surface area (Å²) in [5.74, 6) is -1.51. The second-order valence-corrected chi connectivity index (χ2v) is 6.59. The van der Waals surface area contributed by atoms with Gasteiger partial charge in [-0.3, -0.25) is 4.79 Å². The van der Waals surface area contributed by atoms with E-state index in [2.05, 4.69) is 0 Å². The van der Waals surface area contributed by atoms with E-state index < -0.39 is 28.1 Å². The summed E-state index contributed by atoms with van der Waals surface area (Å²) >= 11 is 0. The van der Waals surface area contributed by atoms with Crippen molar-refractivity contribution in [1.29, 1.82) is 0 Å². The molecule has 0 bridgehead atoms. The van der Waals surface area contributed by atoms with Crippen molar-refractivity contribution in [3.63, 3.8) is 0 Å². The van der Waals surface area contributed by atoms with Crippen LogP contribution in [0.15, 0.2) is 0 Å². The minimum absolute atomic E-state index is 0.0128. The summed E-state index contributed by atoms with van der Waals surface area (Å²) in [5, 5.41) is 18.3. The van der Waals surface area contributed by atoms with Crippen LogP contribution in [0.2, 0.25) is 0 Å². The van der Waals surface area contributed by atoms with E-state index in [1.165, 1.54) is 0 Å². The van der Waals surface area contributed by atoms with E-state index in [4.69, 9.17) is 9.84 Å². The highest BCUT2D eigenvalue weighted by Crippen LogP contribution is 2.22. The first-order chi connectivity index (χ1) is 8.24. The van der Waals surface area contributed by atoms with E-state index in [-0.39, 0.29) is 31.4 Å². The molecule has 7 nitrogen and oxygen atoms in total. The summed E-state index contributed by atoms with van der Waals surface area (Å²) in [6, 6.07) is -1.18. The molecule has 0 aromatic heterocycles. The van der Waals surface area contributed by atoms with Crippen molar-refractivity contribution < 1.29 is 28.2 Å². The molecular formula is C10H19NO6S. The monoisotopic (exact) mass is 281 g/mol. The number of carbonyl (C=O) groups is 1. The van der Waals surface area contributed by atoms with Gasteiger partial charge in [0.2, 0.25) is 10.0 Å². The zero-order valence-electron chi connectivity index (χ0n) is 10.4. The van der Waals surface area contributed by atoms with Gasteiger partial charge in [-0.15, -0.1) is 0 Å². The van der Waals surface area contributed by atoms with Crippen molar-refractivity contribution in [3.8, 4) is 0 Å². The third-order valence-corrected chi connectivity index (χ3v) is 4.47. The van der Waals surface area contributed by atoms with Crippen molar-refractivity contribution in [2.24, 2.45) is 0 Å². The Hall–Kier alpha value is -0.700. The van der Waals surface area contributed by atoms with E-state index in [0.29, 0.717) is 0 Å². The van der Waals surface area contributed by atoms with Crippen molar-refractivity contribution >= 4 is 16.0 Å². The predicted octanol–water partition coefficient (Wildman–Crippen LogP) is -0.739. The quantitative estimate of drug-likeness (QED) is 0.664. The fraction of sp³-hybridized carbons (Fsp3) is 0.900. The third-order valence-electron chi connectivity index (χ3n) is 2.67. The number of nitrogens with zero attached hydrogens (tertiary/aromatic N) is 1. The van der Waals surface area contributed by atoms with E-state index in [0.717, 1.165) is 4.31 Å². The molecule has 1 saturated heterocycles. The number of aliphatic hydroxyl groups excluding tert-OH is 1. The van der Waals surface area contributed by atoms with Crippen LogP contribution in [0.25, 0.3) is 0 Å². The summed E-state index contributed by atoms with van der Waals surface area (Å²) in [6.45, 7) is 3.42. The number of carboxylic acid groups (broad SMARTS) is 1. The molecule has 0 saturated carbocycles. The molecular weight excluding hydrogens is 262 g/mol. The SMILES string of the molecule is CC(C)OCCS(=O)(=O)N1CC(O)C[C@H]1C(=O)O. The van der Waals surface area contributed by atoms with E-state index in [9.17, 15) is 18.3 Å². The molecule has 0 aromatic rings. The number of hydrogen-bond donors (Lipinski definition) is 2. The van der Waals surface area contributed by atoms with Crippen molar-refractivity contribution in [1.82, 2.24) is 4.31 Å². The fourth-order valence-electron chi connectivity index (χ4n) is 1.82. The van der Waals surface area contributed by atoms with Crippen LogP contribution < -0.4 is 0 Å². The number of hydrogen-bond acceptors (Lipinski definition) is 5. The second-order valence-electron chi connectivity index (χ2n) is 4.55. The lowest BCUT2D eigenvalue weighted by molar-refractivity contribution is -0.140. The molecule has 1 aliphatic rings. The molecule has 106 valence electrons. The molecule has 1 rings (SSSR count). The van der Waals surface area contributed by atoms with Gasteiger partial charge in [0.05, 0.1) is 24.6 Å². The van der Waals surface area contributed by atoms with Gasteiger partial charge in [-0.25, -0.2) is 8.42 Å². The Morgan fingerprint density at radius 2 is 2.11 bits per heavy atom. The molecule has 0 spiro atoms. The van der Waals surface area contributed by atoms with Crippen LogP contribution in [-0.2, 0) is 19.6 Å². The number of aliphatic carboxylic acids is 1. The van der Waals surface area contributed by atoms with E-state index in [1.807, 2.05) is 0 Å². The number of rotatable bonds is 6. The van der Waals surface area contributed by atoms with Crippen LogP contribution in [-0.4, -0.2) is 66.1 Å².